The minimum Gasteiger partial charge on any atom is -0.443 e. The molecule has 1 aromatic heterocycles. The van der Waals surface area contributed by atoms with Gasteiger partial charge in [-0.15, -0.1) is 0 Å². The predicted molar refractivity (Wildman–Crippen MR) is 83.1 cm³/mol. The Morgan fingerprint density at radius 1 is 1.46 bits per heavy atom. The number of nitrogens with one attached hydrogen (secondary N) is 1. The highest BCUT2D eigenvalue weighted by Crippen LogP contribution is 2.24. The van der Waals surface area contributed by atoms with Crippen molar-refractivity contribution in [2.45, 2.75) is 6.10 Å². The van der Waals surface area contributed by atoms with Crippen molar-refractivity contribution >= 4 is 23.5 Å². The second-order valence-corrected chi connectivity index (χ2v) is 5.06. The number of aromatic nitrogens is 2. The SMILES string of the molecule is NC[C@H]1CN(c2ccc(C(=O)Nc3ccncn3)c(F)c2)C(=O)O1. The van der Waals surface area contributed by atoms with Gasteiger partial charge in [0.15, 0.2) is 0 Å². The maximum atomic E-state index is 14.3. The quantitative estimate of drug-likeness (QED) is 0.869. The van der Waals surface area contributed by atoms with Crippen LogP contribution in [0.5, 0.6) is 0 Å². The normalized spacial score (nSPS) is 16.8. The van der Waals surface area contributed by atoms with Crippen LogP contribution in [-0.4, -0.2) is 41.2 Å². The molecule has 2 amide bonds. The highest BCUT2D eigenvalue weighted by Gasteiger charge is 2.32. The van der Waals surface area contributed by atoms with Gasteiger partial charge in [-0.25, -0.2) is 19.2 Å². The summed E-state index contributed by atoms with van der Waals surface area (Å²) in [5.41, 5.74) is 5.59. The monoisotopic (exact) mass is 331 g/mol. The van der Waals surface area contributed by atoms with Gasteiger partial charge in [-0.1, -0.05) is 0 Å². The smallest absolute Gasteiger partial charge is 0.414 e. The summed E-state index contributed by atoms with van der Waals surface area (Å²) in [6.07, 6.45) is 1.70. The molecular weight excluding hydrogens is 317 g/mol. The van der Waals surface area contributed by atoms with Crippen LogP contribution in [0.2, 0.25) is 0 Å². The van der Waals surface area contributed by atoms with E-state index in [1.165, 1.54) is 35.6 Å². The second kappa shape index (κ2) is 6.59. The first-order valence-corrected chi connectivity index (χ1v) is 7.13. The molecule has 124 valence electrons. The Labute approximate surface area is 136 Å². The molecule has 2 heterocycles. The average Bonchev–Trinajstić information content (AvgIpc) is 2.96. The van der Waals surface area contributed by atoms with Crippen molar-refractivity contribution in [2.75, 3.05) is 23.3 Å². The number of nitrogens with zero attached hydrogens (tertiary/aromatic N) is 3. The van der Waals surface area contributed by atoms with E-state index in [1.54, 1.807) is 0 Å². The van der Waals surface area contributed by atoms with Crippen molar-refractivity contribution in [2.24, 2.45) is 5.73 Å². The summed E-state index contributed by atoms with van der Waals surface area (Å²) in [5, 5.41) is 2.46. The molecule has 1 aliphatic rings. The second-order valence-electron chi connectivity index (χ2n) is 5.06. The van der Waals surface area contributed by atoms with E-state index in [0.717, 1.165) is 6.07 Å². The topological polar surface area (TPSA) is 110 Å². The summed E-state index contributed by atoms with van der Waals surface area (Å²) in [5.74, 6) is -1.16. The maximum Gasteiger partial charge on any atom is 0.414 e. The summed E-state index contributed by atoms with van der Waals surface area (Å²) in [6, 6.07) is 5.36. The number of nitrogens with two attached hydrogens (primary N) is 1. The number of cyclic esters (lactones) is 1. The van der Waals surface area contributed by atoms with Crippen molar-refractivity contribution in [3.05, 3.63) is 48.2 Å². The van der Waals surface area contributed by atoms with Crippen molar-refractivity contribution in [1.82, 2.24) is 9.97 Å². The Hall–Kier alpha value is -3.07. The highest BCUT2D eigenvalue weighted by molar-refractivity contribution is 6.04. The summed E-state index contributed by atoms with van der Waals surface area (Å²) >= 11 is 0. The molecule has 0 radical (unpaired) electrons. The third-order valence-electron chi connectivity index (χ3n) is 3.47. The minimum absolute atomic E-state index is 0.166. The van der Waals surface area contributed by atoms with Crippen LogP contribution in [0.3, 0.4) is 0 Å². The number of rotatable bonds is 4. The van der Waals surface area contributed by atoms with Crippen molar-refractivity contribution < 1.29 is 18.7 Å². The summed E-state index contributed by atoms with van der Waals surface area (Å²) in [4.78, 5) is 32.7. The summed E-state index contributed by atoms with van der Waals surface area (Å²) in [6.45, 7) is 0.422. The van der Waals surface area contributed by atoms with E-state index in [1.807, 2.05) is 0 Å². The van der Waals surface area contributed by atoms with Crippen LogP contribution >= 0.6 is 0 Å². The lowest BCUT2D eigenvalue weighted by molar-refractivity contribution is 0.102. The van der Waals surface area contributed by atoms with Crippen molar-refractivity contribution in [1.29, 1.82) is 0 Å². The molecule has 0 aliphatic carbocycles. The van der Waals surface area contributed by atoms with E-state index in [9.17, 15) is 14.0 Å². The van der Waals surface area contributed by atoms with Crippen LogP contribution in [0, 0.1) is 5.82 Å². The third kappa shape index (κ3) is 3.15. The van der Waals surface area contributed by atoms with Crippen LogP contribution < -0.4 is 16.0 Å². The van der Waals surface area contributed by atoms with Gasteiger partial charge in [0.1, 0.15) is 24.1 Å². The molecule has 3 rings (SSSR count). The maximum absolute atomic E-state index is 14.3. The first kappa shape index (κ1) is 15.8. The zero-order valence-corrected chi connectivity index (χ0v) is 12.5. The molecule has 1 atom stereocenters. The summed E-state index contributed by atoms with van der Waals surface area (Å²) in [7, 11) is 0. The van der Waals surface area contributed by atoms with E-state index in [4.69, 9.17) is 10.5 Å². The Balaban J connectivity index is 1.78. The molecule has 2 aromatic rings. The zero-order chi connectivity index (χ0) is 17.1. The molecule has 9 heteroatoms. The minimum atomic E-state index is -0.761. The number of amides is 2. The molecule has 3 N–H and O–H groups in total. The van der Waals surface area contributed by atoms with Gasteiger partial charge in [-0.3, -0.25) is 9.69 Å². The molecule has 24 heavy (non-hydrogen) atoms. The zero-order valence-electron chi connectivity index (χ0n) is 12.5. The molecule has 1 aliphatic heterocycles. The summed E-state index contributed by atoms with van der Waals surface area (Å²) < 4.78 is 19.3. The fraction of sp³-hybridized carbons (Fsp3) is 0.200. The number of carbonyl (C=O) groups excluding carboxylic acids is 2. The Kier molecular flexibility index (Phi) is 4.34. The van der Waals surface area contributed by atoms with Gasteiger partial charge in [-0.05, 0) is 24.3 Å². The first-order chi connectivity index (χ1) is 11.6. The number of halogens is 1. The number of benzene rings is 1. The van der Waals surface area contributed by atoms with Gasteiger partial charge >= 0.3 is 6.09 Å². The molecule has 0 spiro atoms. The number of carbonyl (C=O) groups is 2. The average molecular weight is 331 g/mol. The first-order valence-electron chi connectivity index (χ1n) is 7.13. The standard InChI is InChI=1S/C15H14FN5O3/c16-12-5-9(21-7-10(6-17)24-15(21)23)1-2-11(12)14(22)20-13-3-4-18-8-19-13/h1-5,8,10H,6-7,17H2,(H,18,19,20,22)/t10-/m0/s1. The Morgan fingerprint density at radius 3 is 2.92 bits per heavy atom. The molecule has 0 unspecified atom stereocenters. The van der Waals surface area contributed by atoms with E-state index >= 15 is 0 Å². The fourth-order valence-corrected chi connectivity index (χ4v) is 2.26. The van der Waals surface area contributed by atoms with Crippen LogP contribution in [0.15, 0.2) is 36.8 Å². The molecule has 8 nitrogen and oxygen atoms in total. The van der Waals surface area contributed by atoms with E-state index in [2.05, 4.69) is 15.3 Å². The fourth-order valence-electron chi connectivity index (χ4n) is 2.26. The molecule has 0 saturated carbocycles. The van der Waals surface area contributed by atoms with Gasteiger partial charge in [0.2, 0.25) is 0 Å². The Bertz CT molecular complexity index is 771. The van der Waals surface area contributed by atoms with Crippen molar-refractivity contribution in [3.63, 3.8) is 0 Å². The van der Waals surface area contributed by atoms with Crippen molar-refractivity contribution in [3.8, 4) is 0 Å². The van der Waals surface area contributed by atoms with Crippen LogP contribution in [-0.2, 0) is 4.74 Å². The number of hydrogen-bond acceptors (Lipinski definition) is 6. The molecule has 1 fully saturated rings. The van der Waals surface area contributed by atoms with Gasteiger partial charge in [0, 0.05) is 12.7 Å². The lowest BCUT2D eigenvalue weighted by atomic mass is 10.1. The van der Waals surface area contributed by atoms with E-state index < -0.39 is 23.9 Å². The lowest BCUT2D eigenvalue weighted by Crippen LogP contribution is -2.27. The van der Waals surface area contributed by atoms with Gasteiger partial charge < -0.3 is 15.8 Å². The Morgan fingerprint density at radius 2 is 2.29 bits per heavy atom. The predicted octanol–water partition coefficient (Wildman–Crippen LogP) is 1.15. The molecule has 1 saturated heterocycles. The van der Waals surface area contributed by atoms with Crippen LogP contribution in [0.25, 0.3) is 0 Å². The van der Waals surface area contributed by atoms with E-state index in [-0.39, 0.29) is 24.5 Å². The molecule has 1 aromatic carbocycles. The largest absolute Gasteiger partial charge is 0.443 e. The lowest BCUT2D eigenvalue weighted by Gasteiger charge is -2.14. The molecular formula is C15H14FN5O3. The molecule has 0 bridgehead atoms. The number of ether oxygens (including phenoxy) is 1. The van der Waals surface area contributed by atoms with Gasteiger partial charge in [0.05, 0.1) is 17.8 Å². The van der Waals surface area contributed by atoms with E-state index in [0.29, 0.717) is 5.69 Å². The van der Waals surface area contributed by atoms with Gasteiger partial charge in [-0.2, -0.15) is 0 Å². The number of anilines is 2. The van der Waals surface area contributed by atoms with Crippen LogP contribution in [0.4, 0.5) is 20.7 Å². The third-order valence-corrected chi connectivity index (χ3v) is 3.47. The van der Waals surface area contributed by atoms with Crippen LogP contribution in [0.1, 0.15) is 10.4 Å². The highest BCUT2D eigenvalue weighted by atomic mass is 19.1. The number of hydrogen-bond donors (Lipinski definition) is 2. The van der Waals surface area contributed by atoms with Gasteiger partial charge in [0.25, 0.3) is 5.91 Å².